The van der Waals surface area contributed by atoms with Gasteiger partial charge in [0.25, 0.3) is 10.1 Å². The van der Waals surface area contributed by atoms with Gasteiger partial charge in [0.05, 0.1) is 18.4 Å². The molecular weight excluding hydrogens is 258 g/mol. The van der Waals surface area contributed by atoms with E-state index < -0.39 is 27.9 Å². The maximum atomic E-state index is 11.7. The predicted octanol–water partition coefficient (Wildman–Crippen LogP) is 1.36. The molecule has 0 spiro atoms. The molecule has 1 amide bonds. The van der Waals surface area contributed by atoms with Gasteiger partial charge in [0.15, 0.2) is 0 Å². The lowest BCUT2D eigenvalue weighted by atomic mass is 10.2. The normalized spacial score (nSPS) is 21.1. The lowest BCUT2D eigenvalue weighted by molar-refractivity contribution is 0.0276. The van der Waals surface area contributed by atoms with Crippen LogP contribution in [0.2, 0.25) is 0 Å². The molecule has 106 valence electrons. The summed E-state index contributed by atoms with van der Waals surface area (Å²) in [4.78, 5) is 13.2. The fraction of sp³-hybridized carbons (Fsp3) is 0.909. The molecular formula is C11H21NO5S. The van der Waals surface area contributed by atoms with Gasteiger partial charge in [-0.2, -0.15) is 8.42 Å². The molecule has 7 heteroatoms. The molecule has 0 aliphatic carbocycles. The molecule has 0 radical (unpaired) electrons. The van der Waals surface area contributed by atoms with Crippen LogP contribution in [0, 0.1) is 0 Å². The molecule has 0 unspecified atom stereocenters. The van der Waals surface area contributed by atoms with E-state index in [1.54, 1.807) is 20.8 Å². The number of hydrogen-bond acceptors (Lipinski definition) is 5. The molecule has 1 saturated heterocycles. The maximum Gasteiger partial charge on any atom is 0.410 e. The lowest BCUT2D eigenvalue weighted by Crippen LogP contribution is -2.36. The minimum absolute atomic E-state index is 0.0596. The molecule has 1 heterocycles. The van der Waals surface area contributed by atoms with Crippen LogP contribution in [0.4, 0.5) is 4.79 Å². The van der Waals surface area contributed by atoms with E-state index in [9.17, 15) is 13.2 Å². The van der Waals surface area contributed by atoms with E-state index in [4.69, 9.17) is 8.92 Å². The van der Waals surface area contributed by atoms with Crippen molar-refractivity contribution in [3.8, 4) is 0 Å². The number of rotatable bonds is 3. The maximum absolute atomic E-state index is 11.7. The highest BCUT2D eigenvalue weighted by molar-refractivity contribution is 7.86. The molecule has 0 aromatic carbocycles. The molecule has 1 rings (SSSR count). The smallest absolute Gasteiger partial charge is 0.410 e. The number of nitrogens with zero attached hydrogens (tertiary/aromatic N) is 1. The second-order valence-electron chi connectivity index (χ2n) is 5.28. The van der Waals surface area contributed by atoms with E-state index in [-0.39, 0.29) is 12.3 Å². The van der Waals surface area contributed by atoms with E-state index in [1.807, 2.05) is 0 Å². The van der Waals surface area contributed by atoms with Crippen molar-refractivity contribution in [1.29, 1.82) is 0 Å². The fourth-order valence-corrected chi connectivity index (χ4v) is 2.28. The van der Waals surface area contributed by atoms with E-state index in [0.29, 0.717) is 13.0 Å². The van der Waals surface area contributed by atoms with Crippen molar-refractivity contribution < 1.29 is 22.1 Å². The first-order chi connectivity index (χ1) is 8.13. The van der Waals surface area contributed by atoms with Crippen molar-refractivity contribution in [2.75, 3.05) is 18.8 Å². The Morgan fingerprint density at radius 2 is 2.00 bits per heavy atom. The van der Waals surface area contributed by atoms with Gasteiger partial charge in [0.1, 0.15) is 5.60 Å². The molecule has 6 nitrogen and oxygen atoms in total. The van der Waals surface area contributed by atoms with Crippen LogP contribution >= 0.6 is 0 Å². The van der Waals surface area contributed by atoms with E-state index >= 15 is 0 Å². The van der Waals surface area contributed by atoms with Gasteiger partial charge in [-0.3, -0.25) is 4.18 Å². The standard InChI is InChI=1S/C11H21NO5S/c1-5-18(14,15)17-9-6-7-12(8-9)10(13)16-11(2,3)4/h9H,5-8H2,1-4H3/t9-/m0/s1. The Morgan fingerprint density at radius 3 is 2.50 bits per heavy atom. The molecule has 0 aromatic rings. The second kappa shape index (κ2) is 5.44. The minimum Gasteiger partial charge on any atom is -0.444 e. The Balaban J connectivity index is 2.49. The average molecular weight is 279 g/mol. The van der Waals surface area contributed by atoms with Crippen LogP contribution in [0.25, 0.3) is 0 Å². The van der Waals surface area contributed by atoms with Crippen LogP contribution in [0.15, 0.2) is 0 Å². The van der Waals surface area contributed by atoms with Gasteiger partial charge in [-0.05, 0) is 34.1 Å². The van der Waals surface area contributed by atoms with Crippen LogP contribution in [-0.2, 0) is 19.0 Å². The molecule has 0 bridgehead atoms. The summed E-state index contributed by atoms with van der Waals surface area (Å²) in [7, 11) is -3.47. The first-order valence-corrected chi connectivity index (χ1v) is 7.59. The van der Waals surface area contributed by atoms with Crippen molar-refractivity contribution in [2.24, 2.45) is 0 Å². The highest BCUT2D eigenvalue weighted by atomic mass is 32.2. The summed E-state index contributed by atoms with van der Waals surface area (Å²) < 4.78 is 32.8. The van der Waals surface area contributed by atoms with Gasteiger partial charge in [0, 0.05) is 6.54 Å². The van der Waals surface area contributed by atoms with Gasteiger partial charge in [-0.15, -0.1) is 0 Å². The van der Waals surface area contributed by atoms with E-state index in [1.165, 1.54) is 11.8 Å². The summed E-state index contributed by atoms with van der Waals surface area (Å²) >= 11 is 0. The summed E-state index contributed by atoms with van der Waals surface area (Å²) in [5.74, 6) is -0.0596. The zero-order valence-corrected chi connectivity index (χ0v) is 12.1. The third-order valence-electron chi connectivity index (χ3n) is 2.43. The van der Waals surface area contributed by atoms with E-state index in [2.05, 4.69) is 0 Å². The molecule has 0 aromatic heterocycles. The third-order valence-corrected chi connectivity index (χ3v) is 3.71. The van der Waals surface area contributed by atoms with Gasteiger partial charge < -0.3 is 9.64 Å². The number of carbonyl (C=O) groups excluding carboxylic acids is 1. The fourth-order valence-electron chi connectivity index (χ4n) is 1.57. The zero-order chi connectivity index (χ0) is 14.0. The first-order valence-electron chi connectivity index (χ1n) is 6.02. The molecule has 1 aliphatic heterocycles. The number of amides is 1. The minimum atomic E-state index is -3.47. The molecule has 0 saturated carbocycles. The van der Waals surface area contributed by atoms with Gasteiger partial charge >= 0.3 is 6.09 Å². The molecule has 18 heavy (non-hydrogen) atoms. The Morgan fingerprint density at radius 1 is 1.39 bits per heavy atom. The number of carbonyl (C=O) groups is 1. The first kappa shape index (κ1) is 15.2. The number of likely N-dealkylation sites (tertiary alicyclic amines) is 1. The van der Waals surface area contributed by atoms with E-state index in [0.717, 1.165) is 0 Å². The summed E-state index contributed by atoms with van der Waals surface area (Å²) in [5.41, 5.74) is -0.550. The summed E-state index contributed by atoms with van der Waals surface area (Å²) in [5, 5.41) is 0. The molecule has 1 atom stereocenters. The SMILES string of the molecule is CCS(=O)(=O)O[C@H]1CCN(C(=O)OC(C)(C)C)C1. The quantitative estimate of drug-likeness (QED) is 0.729. The Labute approximate surface area is 108 Å². The number of ether oxygens (including phenoxy) is 1. The van der Waals surface area contributed by atoms with Gasteiger partial charge in [0.2, 0.25) is 0 Å². The number of hydrogen-bond donors (Lipinski definition) is 0. The lowest BCUT2D eigenvalue weighted by Gasteiger charge is -2.24. The molecule has 1 fully saturated rings. The van der Waals surface area contributed by atoms with Crippen molar-refractivity contribution in [2.45, 2.75) is 45.8 Å². The summed E-state index contributed by atoms with van der Waals surface area (Å²) in [6, 6.07) is 0. The van der Waals surface area contributed by atoms with Gasteiger partial charge in [-0.1, -0.05) is 0 Å². The van der Waals surface area contributed by atoms with Crippen LogP contribution in [0.5, 0.6) is 0 Å². The summed E-state index contributed by atoms with van der Waals surface area (Å²) in [6.07, 6.45) is -0.372. The van der Waals surface area contributed by atoms with Crippen molar-refractivity contribution >= 4 is 16.2 Å². The van der Waals surface area contributed by atoms with Crippen molar-refractivity contribution in [1.82, 2.24) is 4.90 Å². The van der Waals surface area contributed by atoms with Crippen LogP contribution in [0.3, 0.4) is 0 Å². The monoisotopic (exact) mass is 279 g/mol. The Kier molecular flexibility index (Phi) is 4.61. The second-order valence-corrected chi connectivity index (χ2v) is 7.16. The molecule has 0 N–H and O–H groups in total. The van der Waals surface area contributed by atoms with Crippen LogP contribution < -0.4 is 0 Å². The Bertz CT molecular complexity index is 398. The van der Waals surface area contributed by atoms with Crippen molar-refractivity contribution in [3.05, 3.63) is 0 Å². The Hall–Kier alpha value is -0.820. The van der Waals surface area contributed by atoms with Crippen LogP contribution in [-0.4, -0.2) is 50.0 Å². The largest absolute Gasteiger partial charge is 0.444 e. The predicted molar refractivity (Wildman–Crippen MR) is 66.8 cm³/mol. The van der Waals surface area contributed by atoms with Crippen molar-refractivity contribution in [3.63, 3.8) is 0 Å². The van der Waals surface area contributed by atoms with Crippen LogP contribution in [0.1, 0.15) is 34.1 Å². The average Bonchev–Trinajstić information content (AvgIpc) is 2.63. The highest BCUT2D eigenvalue weighted by Crippen LogP contribution is 2.18. The van der Waals surface area contributed by atoms with Gasteiger partial charge in [-0.25, -0.2) is 4.79 Å². The summed E-state index contributed by atoms with van der Waals surface area (Å²) in [6.45, 7) is 7.60. The topological polar surface area (TPSA) is 72.9 Å². The zero-order valence-electron chi connectivity index (χ0n) is 11.3. The third kappa shape index (κ3) is 4.81. The highest BCUT2D eigenvalue weighted by Gasteiger charge is 2.32. The molecule has 1 aliphatic rings.